The van der Waals surface area contributed by atoms with E-state index in [1.54, 1.807) is 12.1 Å². The molecule has 4 heterocycles. The first-order valence-electron chi connectivity index (χ1n) is 16.4. The van der Waals surface area contributed by atoms with Crippen molar-refractivity contribution in [2.45, 2.75) is 0 Å². The zero-order chi connectivity index (χ0) is 33.1. The molecule has 0 saturated heterocycles. The Morgan fingerprint density at radius 1 is 0.480 bits per heavy atom. The molecule has 6 nitrogen and oxygen atoms in total. The molecule has 0 atom stereocenters. The molecule has 0 spiro atoms. The van der Waals surface area contributed by atoms with Crippen LogP contribution in [0.15, 0.2) is 142 Å². The second-order valence-corrected chi connectivity index (χ2v) is 12.6. The summed E-state index contributed by atoms with van der Waals surface area (Å²) >= 11 is 0. The number of para-hydroxylation sites is 4. The Morgan fingerprint density at radius 3 is 1.48 bits per heavy atom. The van der Waals surface area contributed by atoms with E-state index < -0.39 is 0 Å². The quantitative estimate of drug-likeness (QED) is 0.177. The van der Waals surface area contributed by atoms with Gasteiger partial charge < -0.3 is 18.0 Å². The van der Waals surface area contributed by atoms with E-state index in [0.29, 0.717) is 22.6 Å². The number of hydrogen-bond acceptors (Lipinski definition) is 3. The van der Waals surface area contributed by atoms with E-state index in [2.05, 4.69) is 80.7 Å². The fourth-order valence-corrected chi connectivity index (χ4v) is 8.15. The van der Waals surface area contributed by atoms with Crippen molar-refractivity contribution in [1.29, 1.82) is 5.26 Å². The van der Waals surface area contributed by atoms with Crippen molar-refractivity contribution in [2.75, 3.05) is 0 Å². The molecule has 7 aromatic carbocycles. The highest BCUT2D eigenvalue weighted by atomic mass is 16.3. The number of rotatable bonds is 2. The van der Waals surface area contributed by atoms with Crippen LogP contribution in [0, 0.1) is 17.9 Å². The largest absolute Gasteiger partial charge is 0.455 e. The number of aromatic nitrogens is 2. The van der Waals surface area contributed by atoms with Crippen LogP contribution in [0.2, 0.25) is 0 Å². The van der Waals surface area contributed by atoms with Gasteiger partial charge in [-0.2, -0.15) is 5.26 Å². The summed E-state index contributed by atoms with van der Waals surface area (Å²) in [5.41, 5.74) is 8.99. The second kappa shape index (κ2) is 9.64. The van der Waals surface area contributed by atoms with Crippen molar-refractivity contribution in [3.63, 3.8) is 0 Å². The number of furan rings is 2. The molecule has 0 aliphatic rings. The lowest BCUT2D eigenvalue weighted by molar-refractivity contribution is 0.672. The summed E-state index contributed by atoms with van der Waals surface area (Å²) in [6.07, 6.45) is 0. The van der Waals surface area contributed by atoms with Crippen molar-refractivity contribution in [2.24, 2.45) is 0 Å². The minimum absolute atomic E-state index is 0.433. The Morgan fingerprint density at radius 2 is 0.960 bits per heavy atom. The molecule has 11 aromatic rings. The van der Waals surface area contributed by atoms with Gasteiger partial charge in [-0.05, 0) is 48.5 Å². The van der Waals surface area contributed by atoms with Gasteiger partial charge in [-0.25, -0.2) is 4.85 Å². The fourth-order valence-electron chi connectivity index (χ4n) is 8.15. The highest BCUT2D eigenvalue weighted by molar-refractivity contribution is 6.26. The number of nitrogens with zero attached hydrogens (tertiary/aromatic N) is 4. The van der Waals surface area contributed by atoms with Crippen molar-refractivity contribution < 1.29 is 8.83 Å². The Balaban J connectivity index is 1.35. The molecule has 0 unspecified atom stereocenters. The monoisotopic (exact) mass is 638 g/mol. The van der Waals surface area contributed by atoms with Gasteiger partial charge in [0.1, 0.15) is 28.4 Å². The highest BCUT2D eigenvalue weighted by Gasteiger charge is 2.27. The van der Waals surface area contributed by atoms with Crippen molar-refractivity contribution in [3.05, 3.63) is 150 Å². The van der Waals surface area contributed by atoms with Gasteiger partial charge in [-0.3, -0.25) is 0 Å². The molecule has 4 aromatic heterocycles. The molecule has 0 saturated carbocycles. The smallest absolute Gasteiger partial charge is 0.212 e. The maximum absolute atomic E-state index is 10.8. The van der Waals surface area contributed by atoms with Gasteiger partial charge in [0.15, 0.2) is 0 Å². The van der Waals surface area contributed by atoms with Crippen LogP contribution in [-0.4, -0.2) is 9.13 Å². The van der Waals surface area contributed by atoms with Crippen molar-refractivity contribution in [3.8, 4) is 17.4 Å². The minimum atomic E-state index is 0.433. The molecule has 0 N–H and O–H groups in total. The number of benzene rings is 7. The lowest BCUT2D eigenvalue weighted by Crippen LogP contribution is -2.06. The molecule has 11 rings (SSSR count). The van der Waals surface area contributed by atoms with Crippen molar-refractivity contribution >= 4 is 93.2 Å². The molecule has 0 bridgehead atoms. The van der Waals surface area contributed by atoms with Crippen LogP contribution in [-0.2, 0) is 0 Å². The van der Waals surface area contributed by atoms with Crippen LogP contribution in [0.5, 0.6) is 0 Å². The summed E-state index contributed by atoms with van der Waals surface area (Å²) < 4.78 is 17.4. The standard InChI is InChI=1S/C44H22N4O2/c1-46-32-21-18-25(24-45)41(47-33-14-6-2-12-30(33)39-35(47)22-19-28-26-10-4-8-16-37(26)49-43(28)39)42(32)48-34-15-7-3-13-31(34)40-36(48)23-20-29-27-11-5-9-17-38(27)50-44(29)40/h2-23H. The summed E-state index contributed by atoms with van der Waals surface area (Å²) in [6, 6.07) is 47.0. The first kappa shape index (κ1) is 26.8. The van der Waals surface area contributed by atoms with E-state index in [1.807, 2.05) is 60.7 Å². The summed E-state index contributed by atoms with van der Waals surface area (Å²) in [5.74, 6) is 0. The van der Waals surface area contributed by atoms with E-state index in [1.165, 1.54) is 0 Å². The zero-order valence-electron chi connectivity index (χ0n) is 26.3. The Kier molecular flexibility index (Phi) is 5.16. The fraction of sp³-hybridized carbons (Fsp3) is 0. The summed E-state index contributed by atoms with van der Waals surface area (Å²) in [5, 5.41) is 18.9. The molecule has 6 heteroatoms. The predicted molar refractivity (Wildman–Crippen MR) is 201 cm³/mol. The van der Waals surface area contributed by atoms with Gasteiger partial charge in [0.2, 0.25) is 5.69 Å². The maximum atomic E-state index is 10.8. The lowest BCUT2D eigenvalue weighted by Gasteiger charge is -2.19. The van der Waals surface area contributed by atoms with Crippen LogP contribution < -0.4 is 0 Å². The van der Waals surface area contributed by atoms with Gasteiger partial charge in [0, 0.05) is 32.3 Å². The molecular formula is C44H22N4O2. The minimum Gasteiger partial charge on any atom is -0.455 e. The van der Waals surface area contributed by atoms with E-state index in [-0.39, 0.29) is 0 Å². The molecule has 50 heavy (non-hydrogen) atoms. The molecule has 0 fully saturated rings. The van der Waals surface area contributed by atoms with Crippen LogP contribution in [0.4, 0.5) is 5.69 Å². The van der Waals surface area contributed by atoms with Crippen LogP contribution in [0.1, 0.15) is 5.56 Å². The van der Waals surface area contributed by atoms with Gasteiger partial charge in [-0.15, -0.1) is 0 Å². The first-order chi connectivity index (χ1) is 24.7. The number of hydrogen-bond donors (Lipinski definition) is 0. The Hall–Kier alpha value is -7.28. The average molecular weight is 639 g/mol. The number of fused-ring (bicyclic) bond motifs is 14. The lowest BCUT2D eigenvalue weighted by atomic mass is 10.1. The van der Waals surface area contributed by atoms with Gasteiger partial charge >= 0.3 is 0 Å². The second-order valence-electron chi connectivity index (χ2n) is 12.6. The zero-order valence-corrected chi connectivity index (χ0v) is 26.3. The molecule has 0 aliphatic heterocycles. The normalized spacial score (nSPS) is 12.0. The molecule has 0 amide bonds. The van der Waals surface area contributed by atoms with Gasteiger partial charge in [0.05, 0.1) is 56.3 Å². The molecular weight excluding hydrogens is 617 g/mol. The van der Waals surface area contributed by atoms with E-state index in [9.17, 15) is 5.26 Å². The van der Waals surface area contributed by atoms with E-state index in [4.69, 9.17) is 15.4 Å². The third-order valence-electron chi connectivity index (χ3n) is 10.2. The van der Waals surface area contributed by atoms with Gasteiger partial charge in [-0.1, -0.05) is 84.9 Å². The SMILES string of the molecule is [C-]#[N+]c1ccc(C#N)c(-n2c3ccccc3c3c4oc5ccccc5c4ccc32)c1-n1c2ccccc2c2c3oc4ccccc4c3ccc21. The molecule has 0 radical (unpaired) electrons. The third-order valence-corrected chi connectivity index (χ3v) is 10.2. The Bertz CT molecular complexity index is 3130. The summed E-state index contributed by atoms with van der Waals surface area (Å²) in [7, 11) is 0. The average Bonchev–Trinajstić information content (AvgIpc) is 3.91. The highest BCUT2D eigenvalue weighted by Crippen LogP contribution is 2.47. The van der Waals surface area contributed by atoms with E-state index in [0.717, 1.165) is 87.5 Å². The predicted octanol–water partition coefficient (Wildman–Crippen LogP) is 12.1. The maximum Gasteiger partial charge on any atom is 0.212 e. The van der Waals surface area contributed by atoms with Crippen molar-refractivity contribution in [1.82, 2.24) is 9.13 Å². The summed E-state index contributed by atoms with van der Waals surface area (Å²) in [4.78, 5) is 4.09. The van der Waals surface area contributed by atoms with Crippen LogP contribution >= 0.6 is 0 Å². The topological polar surface area (TPSA) is 64.3 Å². The van der Waals surface area contributed by atoms with Gasteiger partial charge in [0.25, 0.3) is 0 Å². The molecule has 230 valence electrons. The molecule has 0 aliphatic carbocycles. The van der Waals surface area contributed by atoms with Crippen LogP contribution in [0.3, 0.4) is 0 Å². The van der Waals surface area contributed by atoms with E-state index >= 15 is 0 Å². The number of nitriles is 1. The first-order valence-corrected chi connectivity index (χ1v) is 16.4. The Labute approximate surface area is 283 Å². The summed E-state index contributed by atoms with van der Waals surface area (Å²) in [6.45, 7) is 8.44. The third kappa shape index (κ3) is 3.29. The van der Waals surface area contributed by atoms with Crippen LogP contribution in [0.25, 0.3) is 104 Å².